The third-order valence-electron chi connectivity index (χ3n) is 5.54. The summed E-state index contributed by atoms with van der Waals surface area (Å²) in [5.41, 5.74) is 1.50. The van der Waals surface area contributed by atoms with E-state index < -0.39 is 0 Å². The summed E-state index contributed by atoms with van der Waals surface area (Å²) in [5.74, 6) is 1.34. The SMILES string of the molecule is CSc1nnc(C(C)(C)C)c(=O)n1N=CC1=CCC2CC1C2(C)C. The van der Waals surface area contributed by atoms with Crippen molar-refractivity contribution in [3.8, 4) is 0 Å². The zero-order valence-corrected chi connectivity index (χ0v) is 16.1. The van der Waals surface area contributed by atoms with Gasteiger partial charge in [0.25, 0.3) is 5.56 Å². The summed E-state index contributed by atoms with van der Waals surface area (Å²) in [6, 6.07) is 0. The van der Waals surface area contributed by atoms with Gasteiger partial charge in [0.2, 0.25) is 5.16 Å². The number of hydrogen-bond donors (Lipinski definition) is 0. The van der Waals surface area contributed by atoms with E-state index in [0.29, 0.717) is 22.2 Å². The van der Waals surface area contributed by atoms with E-state index in [0.717, 1.165) is 12.3 Å². The highest BCUT2D eigenvalue weighted by molar-refractivity contribution is 7.98. The minimum Gasteiger partial charge on any atom is -0.265 e. The zero-order valence-electron chi connectivity index (χ0n) is 15.3. The normalized spacial score (nSPS) is 25.5. The molecule has 0 saturated heterocycles. The fourth-order valence-corrected chi connectivity index (χ4v) is 4.16. The maximum Gasteiger partial charge on any atom is 0.297 e. The van der Waals surface area contributed by atoms with Gasteiger partial charge in [0, 0.05) is 5.41 Å². The average Bonchev–Trinajstić information content (AvgIpc) is 2.52. The second-order valence-electron chi connectivity index (χ2n) is 8.39. The quantitative estimate of drug-likeness (QED) is 0.621. The molecule has 0 N–H and O–H groups in total. The van der Waals surface area contributed by atoms with Crippen LogP contribution in [-0.2, 0) is 5.41 Å². The number of aromatic nitrogens is 3. The third-order valence-corrected chi connectivity index (χ3v) is 6.16. The predicted molar refractivity (Wildman–Crippen MR) is 98.7 cm³/mol. The summed E-state index contributed by atoms with van der Waals surface area (Å²) in [5, 5.41) is 13.3. The van der Waals surface area contributed by atoms with E-state index in [-0.39, 0.29) is 11.0 Å². The molecule has 0 amide bonds. The topological polar surface area (TPSA) is 60.1 Å². The molecule has 0 spiro atoms. The van der Waals surface area contributed by atoms with Crippen LogP contribution in [-0.4, -0.2) is 27.3 Å². The van der Waals surface area contributed by atoms with Crippen LogP contribution >= 0.6 is 11.8 Å². The van der Waals surface area contributed by atoms with Crippen LogP contribution in [0.4, 0.5) is 0 Å². The Balaban J connectivity index is 1.98. The molecule has 1 heterocycles. The molecule has 4 rings (SSSR count). The number of allylic oxidation sites excluding steroid dienone is 2. The second-order valence-corrected chi connectivity index (χ2v) is 9.17. The Morgan fingerprint density at radius 3 is 2.62 bits per heavy atom. The largest absolute Gasteiger partial charge is 0.297 e. The summed E-state index contributed by atoms with van der Waals surface area (Å²) >= 11 is 1.38. The predicted octanol–water partition coefficient (Wildman–Crippen LogP) is 3.48. The van der Waals surface area contributed by atoms with Gasteiger partial charge in [-0.25, -0.2) is 0 Å². The maximum absolute atomic E-state index is 12.8. The van der Waals surface area contributed by atoms with Crippen LogP contribution in [0.5, 0.6) is 0 Å². The Morgan fingerprint density at radius 1 is 1.38 bits per heavy atom. The van der Waals surface area contributed by atoms with Crippen molar-refractivity contribution in [2.45, 2.75) is 58.0 Å². The van der Waals surface area contributed by atoms with Crippen LogP contribution < -0.4 is 5.56 Å². The highest BCUT2D eigenvalue weighted by Gasteiger charge is 2.50. The van der Waals surface area contributed by atoms with Crippen molar-refractivity contribution in [1.29, 1.82) is 0 Å². The lowest BCUT2D eigenvalue weighted by Crippen LogP contribution is -2.48. The second kappa shape index (κ2) is 5.83. The minimum absolute atomic E-state index is 0.180. The van der Waals surface area contributed by atoms with Gasteiger partial charge < -0.3 is 0 Å². The van der Waals surface area contributed by atoms with Gasteiger partial charge in [0.1, 0.15) is 5.69 Å². The van der Waals surface area contributed by atoms with E-state index in [9.17, 15) is 4.79 Å². The van der Waals surface area contributed by atoms with Gasteiger partial charge in [-0.2, -0.15) is 9.78 Å². The molecule has 1 aromatic rings. The van der Waals surface area contributed by atoms with Gasteiger partial charge in [-0.05, 0) is 41.9 Å². The Labute approximate surface area is 147 Å². The first-order valence-electron chi connectivity index (χ1n) is 8.45. The van der Waals surface area contributed by atoms with E-state index >= 15 is 0 Å². The molecule has 2 atom stereocenters. The van der Waals surface area contributed by atoms with Crippen LogP contribution in [0.25, 0.3) is 0 Å². The molecule has 0 aromatic carbocycles. The van der Waals surface area contributed by atoms with Gasteiger partial charge in [-0.3, -0.25) is 4.79 Å². The van der Waals surface area contributed by atoms with Crippen LogP contribution in [0, 0.1) is 17.3 Å². The molecule has 0 radical (unpaired) electrons. The molecule has 130 valence electrons. The van der Waals surface area contributed by atoms with Gasteiger partial charge in [-0.15, -0.1) is 10.2 Å². The molecular formula is C18H26N4OS. The molecule has 0 aliphatic heterocycles. The Bertz CT molecular complexity index is 770. The zero-order chi connectivity index (χ0) is 17.7. The van der Waals surface area contributed by atoms with E-state index in [2.05, 4.69) is 35.2 Å². The van der Waals surface area contributed by atoms with E-state index in [4.69, 9.17) is 0 Å². The molecule has 1 fully saturated rings. The van der Waals surface area contributed by atoms with Crippen molar-refractivity contribution < 1.29 is 0 Å². The van der Waals surface area contributed by atoms with E-state index in [1.807, 2.05) is 33.2 Å². The number of rotatable bonds is 3. The van der Waals surface area contributed by atoms with Gasteiger partial charge >= 0.3 is 0 Å². The summed E-state index contributed by atoms with van der Waals surface area (Å²) < 4.78 is 1.40. The number of fused-ring (bicyclic) bond motifs is 1. The lowest BCUT2D eigenvalue weighted by atomic mass is 9.49. The van der Waals surface area contributed by atoms with Crippen LogP contribution in [0.1, 0.15) is 53.2 Å². The Kier molecular flexibility index (Phi) is 4.22. The first-order valence-corrected chi connectivity index (χ1v) is 9.67. The van der Waals surface area contributed by atoms with Crippen molar-refractivity contribution in [1.82, 2.24) is 14.9 Å². The van der Waals surface area contributed by atoms with Crippen molar-refractivity contribution in [2.24, 2.45) is 22.4 Å². The maximum atomic E-state index is 12.8. The highest BCUT2D eigenvalue weighted by Crippen LogP contribution is 2.58. The molecule has 24 heavy (non-hydrogen) atoms. The molecule has 5 nitrogen and oxygen atoms in total. The molecule has 3 aliphatic rings. The first-order chi connectivity index (χ1) is 11.2. The molecule has 1 aromatic heterocycles. The number of thioether (sulfide) groups is 1. The highest BCUT2D eigenvalue weighted by atomic mass is 32.2. The van der Waals surface area contributed by atoms with E-state index in [1.165, 1.54) is 28.4 Å². The minimum atomic E-state index is -0.356. The monoisotopic (exact) mass is 346 g/mol. The average molecular weight is 347 g/mol. The van der Waals surface area contributed by atoms with Gasteiger partial charge in [0.15, 0.2) is 0 Å². The van der Waals surface area contributed by atoms with Crippen molar-refractivity contribution in [2.75, 3.05) is 6.26 Å². The first kappa shape index (κ1) is 17.4. The third kappa shape index (κ3) is 2.75. The number of nitrogens with zero attached hydrogens (tertiary/aromatic N) is 4. The van der Waals surface area contributed by atoms with Crippen molar-refractivity contribution >= 4 is 18.0 Å². The summed E-state index contributed by atoms with van der Waals surface area (Å²) in [6.07, 6.45) is 8.35. The van der Waals surface area contributed by atoms with E-state index in [1.54, 1.807) is 0 Å². The molecule has 2 unspecified atom stereocenters. The van der Waals surface area contributed by atoms with Gasteiger partial charge in [0.05, 0.1) is 6.21 Å². The van der Waals surface area contributed by atoms with Crippen molar-refractivity contribution in [3.63, 3.8) is 0 Å². The fraction of sp³-hybridized carbons (Fsp3) is 0.667. The number of hydrogen-bond acceptors (Lipinski definition) is 5. The fourth-order valence-electron chi connectivity index (χ4n) is 3.73. The molecule has 6 heteroatoms. The van der Waals surface area contributed by atoms with Crippen molar-refractivity contribution in [3.05, 3.63) is 27.7 Å². The van der Waals surface area contributed by atoms with Crippen LogP contribution in [0.2, 0.25) is 0 Å². The summed E-state index contributed by atoms with van der Waals surface area (Å²) in [4.78, 5) is 12.8. The standard InChI is InChI=1S/C18H26N4OS/c1-17(2,3)14-15(23)22(16(24-6)21-20-14)19-10-11-7-8-12-9-13(11)18(12,4)5/h7,10,12-13H,8-9H2,1-6H3. The Hall–Kier alpha value is -1.43. The molecular weight excluding hydrogens is 320 g/mol. The molecule has 3 aliphatic carbocycles. The summed E-state index contributed by atoms with van der Waals surface area (Å²) in [7, 11) is 0. The van der Waals surface area contributed by atoms with Crippen LogP contribution in [0.3, 0.4) is 0 Å². The molecule has 2 bridgehead atoms. The lowest BCUT2D eigenvalue weighted by Gasteiger charge is -2.55. The molecule has 1 saturated carbocycles. The Morgan fingerprint density at radius 2 is 2.08 bits per heavy atom. The lowest BCUT2D eigenvalue weighted by molar-refractivity contribution is -0.00127. The van der Waals surface area contributed by atoms with Crippen LogP contribution in [0.15, 0.2) is 26.7 Å². The van der Waals surface area contributed by atoms with Gasteiger partial charge in [-0.1, -0.05) is 52.5 Å². The smallest absolute Gasteiger partial charge is 0.265 e. The summed E-state index contributed by atoms with van der Waals surface area (Å²) in [6.45, 7) is 10.6.